The molecule has 0 radical (unpaired) electrons. The Morgan fingerprint density at radius 1 is 0.943 bits per heavy atom. The standard InChI is InChI=1S/C26H28F3N3O3/c1-3-14-31(25(34)30-22-11-7-10-21(15-22)26(27,28)29)18-24(33)32(16-20-8-5-4-6-9-20)17-23-13-12-19(2)35-23/h4-13,15H,3,14,16-18H2,1-2H3,(H,30,34). The summed E-state index contributed by atoms with van der Waals surface area (Å²) in [7, 11) is 0. The number of carbonyl (C=O) groups is 2. The third-order valence-corrected chi connectivity index (χ3v) is 5.26. The van der Waals surface area contributed by atoms with Crippen LogP contribution in [0.4, 0.5) is 23.7 Å². The SMILES string of the molecule is CCCN(CC(=O)N(Cc1ccccc1)Cc1ccc(C)o1)C(=O)Nc1cccc(C(F)(F)F)c1. The Balaban J connectivity index is 1.75. The molecule has 0 spiro atoms. The number of carbonyl (C=O) groups excluding carboxylic acids is 2. The van der Waals surface area contributed by atoms with Gasteiger partial charge in [0.25, 0.3) is 0 Å². The van der Waals surface area contributed by atoms with E-state index in [-0.39, 0.29) is 31.2 Å². The molecule has 2 aromatic carbocycles. The Bertz CT molecular complexity index is 1130. The summed E-state index contributed by atoms with van der Waals surface area (Å²) in [5.41, 5.74) is 0.0568. The summed E-state index contributed by atoms with van der Waals surface area (Å²) in [5, 5.41) is 2.48. The van der Waals surface area contributed by atoms with Crippen LogP contribution >= 0.6 is 0 Å². The highest BCUT2D eigenvalue weighted by atomic mass is 19.4. The molecule has 0 unspecified atom stereocenters. The van der Waals surface area contributed by atoms with E-state index in [2.05, 4.69) is 5.32 Å². The lowest BCUT2D eigenvalue weighted by atomic mass is 10.2. The van der Waals surface area contributed by atoms with E-state index in [0.29, 0.717) is 18.7 Å². The Morgan fingerprint density at radius 3 is 2.31 bits per heavy atom. The second-order valence-electron chi connectivity index (χ2n) is 8.18. The molecule has 1 heterocycles. The molecule has 0 saturated carbocycles. The molecule has 0 saturated heterocycles. The molecule has 6 nitrogen and oxygen atoms in total. The minimum Gasteiger partial charge on any atom is -0.464 e. The minimum absolute atomic E-state index is 0.00517. The zero-order valence-corrected chi connectivity index (χ0v) is 19.6. The maximum atomic E-state index is 13.3. The zero-order valence-electron chi connectivity index (χ0n) is 19.6. The lowest BCUT2D eigenvalue weighted by Gasteiger charge is -2.27. The van der Waals surface area contributed by atoms with Crippen LogP contribution in [0.15, 0.2) is 71.1 Å². The van der Waals surface area contributed by atoms with E-state index in [0.717, 1.165) is 23.5 Å². The van der Waals surface area contributed by atoms with Gasteiger partial charge in [-0.2, -0.15) is 13.2 Å². The van der Waals surface area contributed by atoms with E-state index >= 15 is 0 Å². The van der Waals surface area contributed by atoms with Gasteiger partial charge in [-0.05, 0) is 49.2 Å². The van der Waals surface area contributed by atoms with Crippen molar-refractivity contribution in [3.8, 4) is 0 Å². The van der Waals surface area contributed by atoms with Gasteiger partial charge in [-0.3, -0.25) is 4.79 Å². The molecule has 186 valence electrons. The maximum absolute atomic E-state index is 13.3. The lowest BCUT2D eigenvalue weighted by molar-refractivity contribution is -0.137. The van der Waals surface area contributed by atoms with Gasteiger partial charge in [-0.25, -0.2) is 4.79 Å². The Hall–Kier alpha value is -3.75. The van der Waals surface area contributed by atoms with E-state index in [1.54, 1.807) is 11.0 Å². The van der Waals surface area contributed by atoms with Crippen molar-refractivity contribution in [2.75, 3.05) is 18.4 Å². The third kappa shape index (κ3) is 7.63. The van der Waals surface area contributed by atoms with Crippen LogP contribution in [-0.2, 0) is 24.1 Å². The molecule has 0 aliphatic heterocycles. The molecule has 0 bridgehead atoms. The smallest absolute Gasteiger partial charge is 0.416 e. The molecule has 1 aromatic heterocycles. The van der Waals surface area contributed by atoms with Crippen molar-refractivity contribution >= 4 is 17.6 Å². The summed E-state index contributed by atoms with van der Waals surface area (Å²) in [6.07, 6.45) is -3.96. The van der Waals surface area contributed by atoms with E-state index in [1.165, 1.54) is 17.0 Å². The van der Waals surface area contributed by atoms with Gasteiger partial charge in [-0.15, -0.1) is 0 Å². The Labute approximate surface area is 202 Å². The van der Waals surface area contributed by atoms with Crippen LogP contribution in [-0.4, -0.2) is 34.8 Å². The highest BCUT2D eigenvalue weighted by Crippen LogP contribution is 2.30. The van der Waals surface area contributed by atoms with Gasteiger partial charge < -0.3 is 19.5 Å². The first-order chi connectivity index (χ1) is 16.7. The van der Waals surface area contributed by atoms with Crippen LogP contribution < -0.4 is 5.32 Å². The number of aryl methyl sites for hydroxylation is 1. The molecule has 3 amide bonds. The van der Waals surface area contributed by atoms with Crippen LogP contribution in [0.25, 0.3) is 0 Å². The number of alkyl halides is 3. The predicted octanol–water partition coefficient (Wildman–Crippen LogP) is 6.08. The molecule has 0 fully saturated rings. The topological polar surface area (TPSA) is 65.8 Å². The molecular formula is C26H28F3N3O3. The quantitative estimate of drug-likeness (QED) is 0.398. The molecule has 35 heavy (non-hydrogen) atoms. The van der Waals surface area contributed by atoms with Gasteiger partial charge in [0.2, 0.25) is 5.91 Å². The lowest BCUT2D eigenvalue weighted by Crippen LogP contribution is -2.44. The third-order valence-electron chi connectivity index (χ3n) is 5.26. The number of nitrogens with zero attached hydrogens (tertiary/aromatic N) is 2. The van der Waals surface area contributed by atoms with Gasteiger partial charge >= 0.3 is 12.2 Å². The first kappa shape index (κ1) is 25.9. The van der Waals surface area contributed by atoms with Gasteiger partial charge in [-0.1, -0.05) is 43.3 Å². The van der Waals surface area contributed by atoms with Crippen LogP contribution in [0.2, 0.25) is 0 Å². The van der Waals surface area contributed by atoms with Crippen LogP contribution in [0.1, 0.15) is 36.0 Å². The molecule has 3 aromatic rings. The average molecular weight is 488 g/mol. The number of nitrogens with one attached hydrogen (secondary N) is 1. The van der Waals surface area contributed by atoms with Crippen LogP contribution in [0, 0.1) is 6.92 Å². The van der Waals surface area contributed by atoms with Crippen molar-refractivity contribution < 1.29 is 27.2 Å². The number of benzene rings is 2. The average Bonchev–Trinajstić information content (AvgIpc) is 3.23. The summed E-state index contributed by atoms with van der Waals surface area (Å²) in [5.74, 6) is 1.03. The molecular weight excluding hydrogens is 459 g/mol. The monoisotopic (exact) mass is 487 g/mol. The number of furan rings is 1. The van der Waals surface area contributed by atoms with E-state index in [1.807, 2.05) is 50.2 Å². The Morgan fingerprint density at radius 2 is 1.69 bits per heavy atom. The second kappa shape index (κ2) is 11.6. The summed E-state index contributed by atoms with van der Waals surface area (Å²) in [6, 6.07) is 16.8. The van der Waals surface area contributed by atoms with Crippen molar-refractivity contribution in [1.29, 1.82) is 0 Å². The van der Waals surface area contributed by atoms with Crippen molar-refractivity contribution in [2.45, 2.75) is 39.5 Å². The number of rotatable bonds is 9. The number of anilines is 1. The first-order valence-electron chi connectivity index (χ1n) is 11.3. The highest BCUT2D eigenvalue weighted by molar-refractivity contribution is 5.92. The van der Waals surface area contributed by atoms with Gasteiger partial charge in [0.05, 0.1) is 12.1 Å². The summed E-state index contributed by atoms with van der Waals surface area (Å²) < 4.78 is 44.7. The molecule has 0 aliphatic rings. The number of amides is 3. The summed E-state index contributed by atoms with van der Waals surface area (Å²) in [4.78, 5) is 29.1. The number of urea groups is 1. The van der Waals surface area contributed by atoms with Gasteiger partial charge in [0, 0.05) is 18.8 Å². The number of halogens is 3. The van der Waals surface area contributed by atoms with Crippen LogP contribution in [0.5, 0.6) is 0 Å². The van der Waals surface area contributed by atoms with Crippen molar-refractivity contribution in [3.63, 3.8) is 0 Å². The molecule has 1 N–H and O–H groups in total. The minimum atomic E-state index is -4.53. The number of hydrogen-bond donors (Lipinski definition) is 1. The second-order valence-corrected chi connectivity index (χ2v) is 8.18. The summed E-state index contributed by atoms with van der Waals surface area (Å²) >= 11 is 0. The van der Waals surface area contributed by atoms with Gasteiger partial charge in [0.1, 0.15) is 18.1 Å². The van der Waals surface area contributed by atoms with Gasteiger partial charge in [0.15, 0.2) is 0 Å². The number of hydrogen-bond acceptors (Lipinski definition) is 3. The fourth-order valence-corrected chi connectivity index (χ4v) is 3.56. The predicted molar refractivity (Wildman–Crippen MR) is 126 cm³/mol. The molecule has 0 atom stereocenters. The molecule has 3 rings (SSSR count). The normalized spacial score (nSPS) is 11.2. The van der Waals surface area contributed by atoms with Crippen molar-refractivity contribution in [2.24, 2.45) is 0 Å². The fourth-order valence-electron chi connectivity index (χ4n) is 3.56. The summed E-state index contributed by atoms with van der Waals surface area (Å²) in [6.45, 7) is 4.22. The molecule has 0 aliphatic carbocycles. The van der Waals surface area contributed by atoms with E-state index in [4.69, 9.17) is 4.42 Å². The van der Waals surface area contributed by atoms with E-state index < -0.39 is 17.8 Å². The Kier molecular flexibility index (Phi) is 8.57. The first-order valence-corrected chi connectivity index (χ1v) is 11.3. The van der Waals surface area contributed by atoms with E-state index in [9.17, 15) is 22.8 Å². The largest absolute Gasteiger partial charge is 0.464 e. The zero-order chi connectivity index (χ0) is 25.4. The molecule has 9 heteroatoms. The fraction of sp³-hybridized carbons (Fsp3) is 0.308. The van der Waals surface area contributed by atoms with Crippen LogP contribution in [0.3, 0.4) is 0 Å². The van der Waals surface area contributed by atoms with Crippen molar-refractivity contribution in [1.82, 2.24) is 9.80 Å². The highest BCUT2D eigenvalue weighted by Gasteiger charge is 2.30. The maximum Gasteiger partial charge on any atom is 0.416 e. The van der Waals surface area contributed by atoms with Crippen molar-refractivity contribution in [3.05, 3.63) is 89.4 Å².